The SMILES string of the molecule is O=S(=O)(Cl)c1ccc(-c2ccccc2)s1.O=S(=O)(Cl)c1ccc(-c2ccccc2)s1. The van der Waals surface area contributed by atoms with E-state index in [9.17, 15) is 16.8 Å². The van der Waals surface area contributed by atoms with Gasteiger partial charge in [0, 0.05) is 31.1 Å². The lowest BCUT2D eigenvalue weighted by molar-refractivity contribution is 0.609. The fourth-order valence-corrected chi connectivity index (χ4v) is 6.57. The predicted octanol–water partition coefficient (Wildman–Crippen LogP) is 6.69. The average Bonchev–Trinajstić information content (AvgIpc) is 3.40. The third-order valence-corrected chi connectivity index (χ3v) is 10.2. The van der Waals surface area contributed by atoms with Crippen molar-refractivity contribution in [1.82, 2.24) is 0 Å². The van der Waals surface area contributed by atoms with Gasteiger partial charge in [-0.2, -0.15) is 0 Å². The molecular formula is C20H14Cl2O4S4. The van der Waals surface area contributed by atoms with Crippen molar-refractivity contribution < 1.29 is 16.8 Å². The minimum absolute atomic E-state index is 0.183. The van der Waals surface area contributed by atoms with Crippen LogP contribution in [0.15, 0.2) is 93.3 Å². The molecule has 0 radical (unpaired) electrons. The number of hydrogen-bond donors (Lipinski definition) is 0. The smallest absolute Gasteiger partial charge is 0.206 e. The van der Waals surface area contributed by atoms with Gasteiger partial charge in [0.05, 0.1) is 0 Å². The Labute approximate surface area is 192 Å². The van der Waals surface area contributed by atoms with Crippen LogP contribution < -0.4 is 0 Å². The summed E-state index contributed by atoms with van der Waals surface area (Å²) in [4.78, 5) is 1.80. The van der Waals surface area contributed by atoms with Crippen LogP contribution in [0.4, 0.5) is 0 Å². The number of rotatable bonds is 4. The molecule has 2 aromatic carbocycles. The fraction of sp³-hybridized carbons (Fsp3) is 0. The second-order valence-electron chi connectivity index (χ2n) is 5.85. The number of thiophene rings is 2. The summed E-state index contributed by atoms with van der Waals surface area (Å²) in [5, 5.41) is 0. The molecule has 0 N–H and O–H groups in total. The highest BCUT2D eigenvalue weighted by molar-refractivity contribution is 8.15. The zero-order chi connectivity index (χ0) is 21.8. The van der Waals surface area contributed by atoms with E-state index in [1.54, 1.807) is 12.1 Å². The van der Waals surface area contributed by atoms with Gasteiger partial charge in [0.15, 0.2) is 0 Å². The Balaban J connectivity index is 0.000000171. The second-order valence-corrected chi connectivity index (χ2v) is 13.6. The lowest BCUT2D eigenvalue weighted by Gasteiger charge is -1.94. The monoisotopic (exact) mass is 516 g/mol. The third kappa shape index (κ3) is 6.16. The van der Waals surface area contributed by atoms with Gasteiger partial charge in [-0.25, -0.2) is 16.8 Å². The Bertz CT molecular complexity index is 1220. The lowest BCUT2D eigenvalue weighted by Crippen LogP contribution is -1.83. The van der Waals surface area contributed by atoms with Gasteiger partial charge < -0.3 is 0 Å². The summed E-state index contributed by atoms with van der Waals surface area (Å²) in [7, 11) is 3.29. The van der Waals surface area contributed by atoms with Gasteiger partial charge in [-0.05, 0) is 35.4 Å². The molecule has 30 heavy (non-hydrogen) atoms. The van der Waals surface area contributed by atoms with Crippen LogP contribution in [0, 0.1) is 0 Å². The second kappa shape index (κ2) is 9.64. The summed E-state index contributed by atoms with van der Waals surface area (Å²) in [6, 6.07) is 25.7. The molecule has 0 saturated carbocycles. The zero-order valence-electron chi connectivity index (χ0n) is 15.1. The first kappa shape index (κ1) is 23.0. The molecule has 0 aliphatic heterocycles. The number of benzene rings is 2. The summed E-state index contributed by atoms with van der Waals surface area (Å²) in [6.07, 6.45) is 0. The summed E-state index contributed by atoms with van der Waals surface area (Å²) < 4.78 is 44.6. The molecule has 0 aliphatic carbocycles. The standard InChI is InChI=1S/2C10H7ClO2S2/c2*11-15(12,13)10-7-6-9(14-10)8-4-2-1-3-5-8/h2*1-7H. The van der Waals surface area contributed by atoms with E-state index in [2.05, 4.69) is 0 Å². The molecule has 0 spiro atoms. The van der Waals surface area contributed by atoms with Crippen LogP contribution in [0.25, 0.3) is 20.9 Å². The van der Waals surface area contributed by atoms with Crippen molar-refractivity contribution in [1.29, 1.82) is 0 Å². The molecule has 4 rings (SSSR count). The van der Waals surface area contributed by atoms with Crippen molar-refractivity contribution >= 4 is 62.1 Å². The molecule has 0 unspecified atom stereocenters. The van der Waals surface area contributed by atoms with Crippen LogP contribution in [0.1, 0.15) is 0 Å². The minimum atomic E-state index is -3.60. The van der Waals surface area contributed by atoms with Crippen molar-refractivity contribution in [2.45, 2.75) is 8.42 Å². The van der Waals surface area contributed by atoms with Crippen molar-refractivity contribution in [3.05, 3.63) is 84.9 Å². The van der Waals surface area contributed by atoms with Gasteiger partial charge in [0.2, 0.25) is 0 Å². The summed E-state index contributed by atoms with van der Waals surface area (Å²) in [6.45, 7) is 0. The van der Waals surface area contributed by atoms with Gasteiger partial charge in [-0.3, -0.25) is 0 Å². The van der Waals surface area contributed by atoms with E-state index in [-0.39, 0.29) is 8.42 Å². The molecular weight excluding hydrogens is 503 g/mol. The normalized spacial score (nSPS) is 11.5. The highest BCUT2D eigenvalue weighted by Crippen LogP contribution is 2.33. The first-order chi connectivity index (χ1) is 14.1. The Kier molecular flexibility index (Phi) is 7.38. The Hall–Kier alpha value is -1.68. The van der Waals surface area contributed by atoms with E-state index in [1.807, 2.05) is 60.7 Å². The third-order valence-electron chi connectivity index (χ3n) is 3.76. The predicted molar refractivity (Wildman–Crippen MR) is 126 cm³/mol. The van der Waals surface area contributed by atoms with E-state index >= 15 is 0 Å². The van der Waals surface area contributed by atoms with Crippen molar-refractivity contribution in [2.24, 2.45) is 0 Å². The van der Waals surface area contributed by atoms with E-state index in [1.165, 1.54) is 34.8 Å². The largest absolute Gasteiger partial charge is 0.270 e. The van der Waals surface area contributed by atoms with Crippen LogP contribution >= 0.6 is 44.0 Å². The van der Waals surface area contributed by atoms with Crippen molar-refractivity contribution in [2.75, 3.05) is 0 Å². The summed E-state index contributed by atoms with van der Waals surface area (Å²) >= 11 is 2.35. The van der Waals surface area contributed by atoms with E-state index in [4.69, 9.17) is 21.4 Å². The van der Waals surface area contributed by atoms with E-state index in [0.717, 1.165) is 20.9 Å². The van der Waals surface area contributed by atoms with Crippen LogP contribution in [-0.4, -0.2) is 16.8 Å². The number of halogens is 2. The average molecular weight is 518 g/mol. The van der Waals surface area contributed by atoms with Crippen LogP contribution in [-0.2, 0) is 18.1 Å². The van der Waals surface area contributed by atoms with Crippen LogP contribution in [0.5, 0.6) is 0 Å². The minimum Gasteiger partial charge on any atom is -0.206 e. The molecule has 0 atom stereocenters. The molecule has 156 valence electrons. The Morgan fingerprint density at radius 2 is 0.833 bits per heavy atom. The highest BCUT2D eigenvalue weighted by atomic mass is 35.7. The Morgan fingerprint density at radius 3 is 1.10 bits per heavy atom. The van der Waals surface area contributed by atoms with Crippen molar-refractivity contribution in [3.8, 4) is 20.9 Å². The van der Waals surface area contributed by atoms with Gasteiger partial charge in [0.25, 0.3) is 18.1 Å². The molecule has 0 saturated heterocycles. The topological polar surface area (TPSA) is 68.3 Å². The van der Waals surface area contributed by atoms with Gasteiger partial charge in [0.1, 0.15) is 8.42 Å². The molecule has 4 nitrogen and oxygen atoms in total. The maximum Gasteiger partial charge on any atom is 0.270 e. The van der Waals surface area contributed by atoms with Crippen molar-refractivity contribution in [3.63, 3.8) is 0 Å². The maximum absolute atomic E-state index is 11.1. The lowest BCUT2D eigenvalue weighted by atomic mass is 10.2. The van der Waals surface area contributed by atoms with Gasteiger partial charge >= 0.3 is 0 Å². The Morgan fingerprint density at radius 1 is 0.500 bits per heavy atom. The molecule has 0 aliphatic rings. The maximum atomic E-state index is 11.1. The van der Waals surface area contributed by atoms with Gasteiger partial charge in [-0.15, -0.1) is 22.7 Å². The van der Waals surface area contributed by atoms with Crippen LogP contribution in [0.2, 0.25) is 0 Å². The molecule has 0 amide bonds. The molecule has 2 aromatic heterocycles. The van der Waals surface area contributed by atoms with Gasteiger partial charge in [-0.1, -0.05) is 60.7 Å². The molecule has 0 fully saturated rings. The first-order valence-corrected chi connectivity index (χ1v) is 14.6. The molecule has 0 bridgehead atoms. The quantitative estimate of drug-likeness (QED) is 0.283. The summed E-state index contributed by atoms with van der Waals surface area (Å²) in [5.74, 6) is 0. The first-order valence-electron chi connectivity index (χ1n) is 8.34. The molecule has 10 heteroatoms. The fourth-order valence-electron chi connectivity index (χ4n) is 2.42. The molecule has 4 aromatic rings. The number of hydrogen-bond acceptors (Lipinski definition) is 6. The highest BCUT2D eigenvalue weighted by Gasteiger charge is 2.14. The van der Waals surface area contributed by atoms with Crippen LogP contribution in [0.3, 0.4) is 0 Å². The summed E-state index contributed by atoms with van der Waals surface area (Å²) in [5.41, 5.74) is 1.99. The van der Waals surface area contributed by atoms with E-state index in [0.29, 0.717) is 0 Å². The van der Waals surface area contributed by atoms with E-state index < -0.39 is 18.1 Å². The molecule has 2 heterocycles. The zero-order valence-corrected chi connectivity index (χ0v) is 19.9.